The summed E-state index contributed by atoms with van der Waals surface area (Å²) in [5.41, 5.74) is 8.03. The molecule has 3 rings (SSSR count). The van der Waals surface area contributed by atoms with E-state index in [1.807, 2.05) is 30.7 Å². The molecule has 1 aliphatic carbocycles. The lowest BCUT2D eigenvalue weighted by Gasteiger charge is -2.17. The van der Waals surface area contributed by atoms with Gasteiger partial charge in [0.05, 0.1) is 5.54 Å². The van der Waals surface area contributed by atoms with Crippen LogP contribution >= 0.6 is 12.4 Å². The van der Waals surface area contributed by atoms with Crippen LogP contribution < -0.4 is 5.73 Å². The highest BCUT2D eigenvalue weighted by atomic mass is 35.5. The summed E-state index contributed by atoms with van der Waals surface area (Å²) in [5, 5.41) is 4.07. The number of nitrogens with zero attached hydrogens (tertiary/aromatic N) is 3. The molecule has 0 aromatic carbocycles. The van der Waals surface area contributed by atoms with E-state index >= 15 is 0 Å². The van der Waals surface area contributed by atoms with Crippen molar-refractivity contribution in [1.82, 2.24) is 14.7 Å². The van der Waals surface area contributed by atoms with Gasteiger partial charge in [-0.2, -0.15) is 4.98 Å². The van der Waals surface area contributed by atoms with Gasteiger partial charge in [-0.05, 0) is 31.9 Å². The Kier molecular flexibility index (Phi) is 3.69. The number of hydrogen-bond acceptors (Lipinski definition) is 4. The second-order valence-electron chi connectivity index (χ2n) is 5.21. The summed E-state index contributed by atoms with van der Waals surface area (Å²) in [7, 11) is 1.99. The zero-order chi connectivity index (χ0) is 12.8. The molecular formula is C13H19ClN4O. The molecule has 19 heavy (non-hydrogen) atoms. The molecule has 0 saturated heterocycles. The highest BCUT2D eigenvalue weighted by molar-refractivity contribution is 5.85. The first-order chi connectivity index (χ1) is 8.60. The second kappa shape index (κ2) is 4.98. The van der Waals surface area contributed by atoms with Gasteiger partial charge in [-0.15, -0.1) is 12.4 Å². The predicted molar refractivity (Wildman–Crippen MR) is 75.0 cm³/mol. The van der Waals surface area contributed by atoms with Crippen LogP contribution in [0.2, 0.25) is 0 Å². The molecule has 6 heteroatoms. The van der Waals surface area contributed by atoms with Crippen LogP contribution in [0.4, 0.5) is 0 Å². The highest BCUT2D eigenvalue weighted by Crippen LogP contribution is 2.35. The van der Waals surface area contributed by atoms with E-state index in [0.717, 1.165) is 37.1 Å². The molecule has 2 aromatic rings. The van der Waals surface area contributed by atoms with E-state index in [0.29, 0.717) is 11.7 Å². The van der Waals surface area contributed by atoms with Crippen molar-refractivity contribution >= 4 is 12.4 Å². The number of aryl methyl sites for hydroxylation is 1. The maximum atomic E-state index is 6.32. The van der Waals surface area contributed by atoms with Crippen LogP contribution in [-0.4, -0.2) is 14.7 Å². The largest absolute Gasteiger partial charge is 0.344 e. The Morgan fingerprint density at radius 1 is 1.32 bits per heavy atom. The summed E-state index contributed by atoms with van der Waals surface area (Å²) < 4.78 is 7.40. The SMILES string of the molecule is Cc1ccc(-c2nc(C3(N)CCCC3)no2)n1C.Cl. The van der Waals surface area contributed by atoms with E-state index in [4.69, 9.17) is 10.3 Å². The summed E-state index contributed by atoms with van der Waals surface area (Å²) in [4.78, 5) is 4.48. The monoisotopic (exact) mass is 282 g/mol. The number of hydrogen-bond donors (Lipinski definition) is 1. The number of nitrogens with two attached hydrogens (primary N) is 1. The average molecular weight is 283 g/mol. The summed E-state index contributed by atoms with van der Waals surface area (Å²) in [6.45, 7) is 2.04. The maximum Gasteiger partial charge on any atom is 0.274 e. The summed E-state index contributed by atoms with van der Waals surface area (Å²) in [5.74, 6) is 1.20. The van der Waals surface area contributed by atoms with Gasteiger partial charge in [-0.1, -0.05) is 18.0 Å². The molecule has 5 nitrogen and oxygen atoms in total. The molecule has 1 fully saturated rings. The minimum absolute atomic E-state index is 0. The first-order valence-electron chi connectivity index (χ1n) is 6.36. The number of aromatic nitrogens is 3. The standard InChI is InChI=1S/C13H18N4O.ClH/c1-9-5-6-10(17(9)2)11-15-12(16-18-11)13(14)7-3-4-8-13;/h5-6H,3-4,7-8,14H2,1-2H3;1H. The molecule has 1 saturated carbocycles. The molecule has 104 valence electrons. The Bertz CT molecular complexity index is 569. The van der Waals surface area contributed by atoms with E-state index in [9.17, 15) is 0 Å². The lowest BCUT2D eigenvalue weighted by molar-refractivity contribution is 0.372. The summed E-state index contributed by atoms with van der Waals surface area (Å²) in [6.07, 6.45) is 4.17. The zero-order valence-corrected chi connectivity index (χ0v) is 12.0. The van der Waals surface area contributed by atoms with Gasteiger partial charge < -0.3 is 14.8 Å². The van der Waals surface area contributed by atoms with Crippen LogP contribution in [0.5, 0.6) is 0 Å². The minimum atomic E-state index is -0.387. The van der Waals surface area contributed by atoms with Crippen molar-refractivity contribution < 1.29 is 4.52 Å². The number of halogens is 1. The van der Waals surface area contributed by atoms with E-state index < -0.39 is 0 Å². The van der Waals surface area contributed by atoms with Crippen molar-refractivity contribution in [2.24, 2.45) is 12.8 Å². The van der Waals surface area contributed by atoms with Crippen molar-refractivity contribution in [3.05, 3.63) is 23.7 Å². The minimum Gasteiger partial charge on any atom is -0.344 e. The third kappa shape index (κ3) is 2.28. The van der Waals surface area contributed by atoms with Gasteiger partial charge in [0.2, 0.25) is 0 Å². The molecule has 0 atom stereocenters. The van der Waals surface area contributed by atoms with Crippen molar-refractivity contribution in [3.8, 4) is 11.6 Å². The van der Waals surface area contributed by atoms with E-state index in [2.05, 4.69) is 10.1 Å². The quantitative estimate of drug-likeness (QED) is 0.919. The van der Waals surface area contributed by atoms with Crippen LogP contribution in [0.1, 0.15) is 37.2 Å². The fraction of sp³-hybridized carbons (Fsp3) is 0.538. The van der Waals surface area contributed by atoms with E-state index in [1.54, 1.807) is 0 Å². The molecular weight excluding hydrogens is 264 g/mol. The van der Waals surface area contributed by atoms with Gasteiger partial charge in [0.15, 0.2) is 5.82 Å². The van der Waals surface area contributed by atoms with Crippen LogP contribution in [-0.2, 0) is 12.6 Å². The molecule has 0 spiro atoms. The third-order valence-electron chi connectivity index (χ3n) is 3.96. The van der Waals surface area contributed by atoms with Gasteiger partial charge in [0.1, 0.15) is 5.69 Å². The third-order valence-corrected chi connectivity index (χ3v) is 3.96. The maximum absolute atomic E-state index is 6.32. The summed E-state index contributed by atoms with van der Waals surface area (Å²) in [6, 6.07) is 4.03. The second-order valence-corrected chi connectivity index (χ2v) is 5.21. The molecule has 0 aliphatic heterocycles. The molecule has 2 N–H and O–H groups in total. The van der Waals surface area contributed by atoms with Gasteiger partial charge in [0.25, 0.3) is 5.89 Å². The Balaban J connectivity index is 0.00000133. The Labute approximate surface area is 118 Å². The van der Waals surface area contributed by atoms with E-state index in [1.165, 1.54) is 0 Å². The Morgan fingerprint density at radius 2 is 2.00 bits per heavy atom. The molecule has 0 unspecified atom stereocenters. The van der Waals surface area contributed by atoms with Crippen molar-refractivity contribution in [1.29, 1.82) is 0 Å². The molecule has 2 heterocycles. The first kappa shape index (κ1) is 14.1. The Morgan fingerprint density at radius 3 is 2.58 bits per heavy atom. The predicted octanol–water partition coefficient (Wildman–Crippen LogP) is 2.53. The van der Waals surface area contributed by atoms with Crippen molar-refractivity contribution in [2.75, 3.05) is 0 Å². The normalized spacial score (nSPS) is 17.4. The van der Waals surface area contributed by atoms with Gasteiger partial charge >= 0.3 is 0 Å². The van der Waals surface area contributed by atoms with Crippen LogP contribution in [0.3, 0.4) is 0 Å². The van der Waals surface area contributed by atoms with Gasteiger partial charge in [-0.3, -0.25) is 0 Å². The molecule has 1 aliphatic rings. The zero-order valence-electron chi connectivity index (χ0n) is 11.2. The molecule has 0 bridgehead atoms. The molecule has 0 radical (unpaired) electrons. The lowest BCUT2D eigenvalue weighted by Crippen LogP contribution is -2.34. The first-order valence-corrected chi connectivity index (χ1v) is 6.36. The smallest absolute Gasteiger partial charge is 0.274 e. The fourth-order valence-corrected chi connectivity index (χ4v) is 2.59. The van der Waals surface area contributed by atoms with E-state index in [-0.39, 0.29) is 17.9 Å². The van der Waals surface area contributed by atoms with Gasteiger partial charge in [-0.25, -0.2) is 0 Å². The van der Waals surface area contributed by atoms with Gasteiger partial charge in [0, 0.05) is 12.7 Å². The lowest BCUT2D eigenvalue weighted by atomic mass is 9.99. The van der Waals surface area contributed by atoms with Crippen LogP contribution in [0, 0.1) is 6.92 Å². The Hall–Kier alpha value is -1.33. The average Bonchev–Trinajstić information content (AvgIpc) is 3.03. The topological polar surface area (TPSA) is 69.9 Å². The van der Waals surface area contributed by atoms with Crippen LogP contribution in [0.25, 0.3) is 11.6 Å². The summed E-state index contributed by atoms with van der Waals surface area (Å²) >= 11 is 0. The van der Waals surface area contributed by atoms with Crippen LogP contribution in [0.15, 0.2) is 16.7 Å². The van der Waals surface area contributed by atoms with Crippen molar-refractivity contribution in [3.63, 3.8) is 0 Å². The fourth-order valence-electron chi connectivity index (χ4n) is 2.59. The molecule has 0 amide bonds. The highest BCUT2D eigenvalue weighted by Gasteiger charge is 2.36. The molecule has 2 aromatic heterocycles. The number of rotatable bonds is 2. The van der Waals surface area contributed by atoms with Crippen molar-refractivity contribution in [2.45, 2.75) is 38.1 Å².